The summed E-state index contributed by atoms with van der Waals surface area (Å²) in [7, 11) is 0. The molecule has 2 N–H and O–H groups in total. The molecule has 0 aliphatic carbocycles. The van der Waals surface area contributed by atoms with Crippen LogP contribution in [0, 0.1) is 11.8 Å². The Balaban J connectivity index is 0.000000875. The highest BCUT2D eigenvalue weighted by Crippen LogP contribution is 2.31. The second-order valence-corrected chi connectivity index (χ2v) is 12.4. The summed E-state index contributed by atoms with van der Waals surface area (Å²) in [5.74, 6) is -0.312. The summed E-state index contributed by atoms with van der Waals surface area (Å²) in [6.07, 6.45) is 8.68. The van der Waals surface area contributed by atoms with Gasteiger partial charge in [0.1, 0.15) is 17.1 Å². The fourth-order valence-corrected chi connectivity index (χ4v) is 5.93. The summed E-state index contributed by atoms with van der Waals surface area (Å²) >= 11 is 0. The van der Waals surface area contributed by atoms with Crippen molar-refractivity contribution in [3.8, 4) is 5.75 Å². The first kappa shape index (κ1) is 36.6. The molecule has 0 unspecified atom stereocenters. The number of rotatable bonds is 14. The van der Waals surface area contributed by atoms with Crippen LogP contribution in [0.2, 0.25) is 0 Å². The molecular formula is C37H51NO8. The number of likely N-dealkylation sites (tertiary alicyclic amines) is 1. The molecule has 1 fully saturated rings. The van der Waals surface area contributed by atoms with E-state index < -0.39 is 11.9 Å². The summed E-state index contributed by atoms with van der Waals surface area (Å²) < 4.78 is 17.8. The van der Waals surface area contributed by atoms with Crippen LogP contribution in [-0.2, 0) is 27.2 Å². The topological polar surface area (TPSA) is 127 Å². The quantitative estimate of drug-likeness (QED) is 0.104. The molecule has 0 bridgehead atoms. The predicted octanol–water partition coefficient (Wildman–Crippen LogP) is 7.61. The molecular weight excluding hydrogens is 586 g/mol. The number of carbonyl (C=O) groups is 3. The summed E-state index contributed by atoms with van der Waals surface area (Å²) in [6, 6.07) is 14.1. The number of esters is 1. The van der Waals surface area contributed by atoms with Crippen LogP contribution in [0.1, 0.15) is 100 Å². The molecule has 0 amide bonds. The number of unbranched alkanes of at least 4 members (excludes halogenated alkanes) is 1. The number of aliphatic carboxylic acids is 2. The molecule has 0 saturated carbocycles. The highest BCUT2D eigenvalue weighted by Gasteiger charge is 2.24. The summed E-state index contributed by atoms with van der Waals surface area (Å²) in [5.41, 5.74) is 3.75. The average Bonchev–Trinajstić information content (AvgIpc) is 3.38. The van der Waals surface area contributed by atoms with Gasteiger partial charge in [-0.2, -0.15) is 0 Å². The Kier molecular flexibility index (Phi) is 14.6. The minimum absolute atomic E-state index is 0.153. The lowest BCUT2D eigenvalue weighted by Gasteiger charge is -2.37. The Morgan fingerprint density at radius 2 is 1.59 bits per heavy atom. The maximum atomic E-state index is 12.6. The lowest BCUT2D eigenvalue weighted by Crippen LogP contribution is -2.41. The lowest BCUT2D eigenvalue weighted by molar-refractivity contribution is -0.159. The smallest absolute Gasteiger partial charge is 0.414 e. The van der Waals surface area contributed by atoms with Crippen LogP contribution in [0.4, 0.5) is 0 Å². The van der Waals surface area contributed by atoms with E-state index in [9.17, 15) is 4.79 Å². The summed E-state index contributed by atoms with van der Waals surface area (Å²) in [5, 5.41) is 15.8. The van der Waals surface area contributed by atoms with E-state index in [1.807, 2.05) is 26.0 Å². The van der Waals surface area contributed by atoms with Gasteiger partial charge < -0.3 is 29.0 Å². The van der Waals surface area contributed by atoms with Crippen LogP contribution >= 0.6 is 0 Å². The number of nitrogens with zero attached hydrogens (tertiary/aromatic N) is 1. The minimum atomic E-state index is -1.82. The summed E-state index contributed by atoms with van der Waals surface area (Å²) in [6.45, 7) is 14.9. The van der Waals surface area contributed by atoms with Gasteiger partial charge >= 0.3 is 17.9 Å². The van der Waals surface area contributed by atoms with Crippen LogP contribution < -0.4 is 4.74 Å². The van der Waals surface area contributed by atoms with E-state index >= 15 is 0 Å². The second-order valence-electron chi connectivity index (χ2n) is 12.4. The minimum Gasteiger partial charge on any atom is -0.494 e. The van der Waals surface area contributed by atoms with Gasteiger partial charge in [-0.15, -0.1) is 0 Å². The van der Waals surface area contributed by atoms with Crippen LogP contribution in [0.3, 0.4) is 0 Å². The number of hydrogen-bond donors (Lipinski definition) is 2. The first-order valence-corrected chi connectivity index (χ1v) is 16.7. The largest absolute Gasteiger partial charge is 0.494 e. The monoisotopic (exact) mass is 637 g/mol. The number of ether oxygens (including phenoxy) is 2. The Morgan fingerprint density at radius 1 is 0.935 bits per heavy atom. The fourth-order valence-electron chi connectivity index (χ4n) is 5.93. The van der Waals surface area contributed by atoms with Gasteiger partial charge in [0.25, 0.3) is 0 Å². The van der Waals surface area contributed by atoms with Crippen molar-refractivity contribution in [3.05, 3.63) is 64.9 Å². The van der Waals surface area contributed by atoms with Crippen molar-refractivity contribution in [1.29, 1.82) is 0 Å². The molecule has 1 aromatic heterocycles. The van der Waals surface area contributed by atoms with Gasteiger partial charge in [-0.25, -0.2) is 14.4 Å². The zero-order chi connectivity index (χ0) is 33.6. The first-order valence-electron chi connectivity index (χ1n) is 16.7. The van der Waals surface area contributed by atoms with Crippen molar-refractivity contribution < 1.29 is 38.5 Å². The molecule has 1 saturated heterocycles. The van der Waals surface area contributed by atoms with Crippen molar-refractivity contribution in [1.82, 2.24) is 4.90 Å². The first-order chi connectivity index (χ1) is 22.0. The molecule has 1 aliphatic rings. The van der Waals surface area contributed by atoms with Gasteiger partial charge in [0.05, 0.1) is 18.3 Å². The van der Waals surface area contributed by atoms with Crippen LogP contribution in [0.15, 0.2) is 46.9 Å². The molecule has 2 aromatic carbocycles. The van der Waals surface area contributed by atoms with Crippen molar-refractivity contribution >= 4 is 28.9 Å². The third-order valence-electron chi connectivity index (χ3n) is 8.44. The molecule has 0 spiro atoms. The molecule has 3 aromatic rings. The fraction of sp³-hybridized carbons (Fsp3) is 0.541. The Morgan fingerprint density at radius 3 is 2.15 bits per heavy atom. The highest BCUT2D eigenvalue weighted by atomic mass is 16.5. The number of piperidine rings is 1. The Labute approximate surface area is 272 Å². The Hall–Kier alpha value is -3.85. The zero-order valence-corrected chi connectivity index (χ0v) is 28.0. The number of carboxylic acid groups (broad SMARTS) is 2. The molecule has 0 radical (unpaired) electrons. The molecule has 2 atom stereocenters. The van der Waals surface area contributed by atoms with Gasteiger partial charge in [0, 0.05) is 43.4 Å². The van der Waals surface area contributed by atoms with E-state index in [1.54, 1.807) is 6.07 Å². The zero-order valence-electron chi connectivity index (χ0n) is 28.0. The molecule has 1 aliphatic heterocycles. The number of furan rings is 1. The van der Waals surface area contributed by atoms with Crippen molar-refractivity contribution in [2.75, 3.05) is 26.2 Å². The molecule has 2 heterocycles. The normalized spacial score (nSPS) is 16.6. The van der Waals surface area contributed by atoms with Crippen LogP contribution in [0.5, 0.6) is 5.75 Å². The average molecular weight is 638 g/mol. The third kappa shape index (κ3) is 11.2. The SMILES string of the molecule is CCCCc1oc2ccc(C(=O)OC(C)C)cc2c1Cc1ccc(OCCCN2C[C@H](CC)C[C@H](CC)C2)cc1.O=C(O)C(=O)O. The van der Waals surface area contributed by atoms with Gasteiger partial charge in [-0.05, 0) is 80.8 Å². The van der Waals surface area contributed by atoms with E-state index in [2.05, 4.69) is 49.9 Å². The van der Waals surface area contributed by atoms with E-state index in [4.69, 9.17) is 33.7 Å². The third-order valence-corrected chi connectivity index (χ3v) is 8.44. The number of hydrogen-bond acceptors (Lipinski definition) is 7. The number of carboxylic acids is 2. The van der Waals surface area contributed by atoms with E-state index in [0.717, 1.165) is 85.1 Å². The van der Waals surface area contributed by atoms with Gasteiger partial charge in [-0.1, -0.05) is 52.2 Å². The van der Waals surface area contributed by atoms with E-state index in [-0.39, 0.29) is 12.1 Å². The predicted molar refractivity (Wildman–Crippen MR) is 179 cm³/mol. The van der Waals surface area contributed by atoms with Crippen molar-refractivity contribution in [3.63, 3.8) is 0 Å². The summed E-state index contributed by atoms with van der Waals surface area (Å²) in [4.78, 5) is 33.4. The lowest BCUT2D eigenvalue weighted by atomic mass is 9.86. The molecule has 9 nitrogen and oxygen atoms in total. The maximum Gasteiger partial charge on any atom is 0.414 e. The van der Waals surface area contributed by atoms with Crippen LogP contribution in [-0.4, -0.2) is 65.4 Å². The van der Waals surface area contributed by atoms with Gasteiger partial charge in [0.2, 0.25) is 0 Å². The number of aryl methyl sites for hydroxylation is 1. The standard InChI is InChI=1S/C35H49NO4.C2H2O4/c1-6-9-11-33-31(32-22-29(14-17-34(32)40-33)35(37)39-25(4)5)21-28-12-15-30(16-13-28)38-19-10-18-36-23-26(7-2)20-27(8-3)24-36;3-1(4)2(5)6/h12-17,22,25-27H,6-11,18-21,23-24H2,1-5H3;(H,3,4)(H,5,6)/t26-,27+;. The van der Waals surface area contributed by atoms with Gasteiger partial charge in [0.15, 0.2) is 0 Å². The maximum absolute atomic E-state index is 12.6. The highest BCUT2D eigenvalue weighted by molar-refractivity contribution is 6.27. The molecule has 252 valence electrons. The van der Waals surface area contributed by atoms with Crippen molar-refractivity contribution in [2.24, 2.45) is 11.8 Å². The Bertz CT molecular complexity index is 1390. The molecule has 4 rings (SSSR count). The van der Waals surface area contributed by atoms with Gasteiger partial charge in [-0.3, -0.25) is 0 Å². The number of carbonyl (C=O) groups excluding carboxylic acids is 1. The molecule has 46 heavy (non-hydrogen) atoms. The van der Waals surface area contributed by atoms with Crippen LogP contribution in [0.25, 0.3) is 11.0 Å². The number of benzene rings is 2. The number of fused-ring (bicyclic) bond motifs is 1. The van der Waals surface area contributed by atoms with Crippen molar-refractivity contribution in [2.45, 2.75) is 92.1 Å². The second kappa shape index (κ2) is 18.3. The van der Waals surface area contributed by atoms with E-state index in [1.165, 1.54) is 37.9 Å². The molecule has 9 heteroatoms. The van der Waals surface area contributed by atoms with E-state index in [0.29, 0.717) is 5.56 Å².